The Balaban J connectivity index is 1.36. The second-order valence-corrected chi connectivity index (χ2v) is 6.34. The maximum Gasteiger partial charge on any atom is 0.414 e. The van der Waals surface area contributed by atoms with Crippen molar-refractivity contribution in [2.24, 2.45) is 5.10 Å². The van der Waals surface area contributed by atoms with Gasteiger partial charge in [-0.25, -0.2) is 4.79 Å². The van der Waals surface area contributed by atoms with Gasteiger partial charge in [-0.05, 0) is 30.1 Å². The molecule has 1 aromatic heterocycles. The number of anilines is 3. The molecule has 1 amide bonds. The van der Waals surface area contributed by atoms with Gasteiger partial charge in [0.1, 0.15) is 18.7 Å². The SMILES string of the molecule is C=C([O-])N1CCN(c2ccc(N3CC(CNc4ccon4)OC3=O)cc2)C=N1. The molecular weight excluding hydrogens is 364 g/mol. The first kappa shape index (κ1) is 17.7. The number of rotatable bonds is 6. The van der Waals surface area contributed by atoms with Crippen molar-refractivity contribution in [2.45, 2.75) is 6.10 Å². The largest absolute Gasteiger partial charge is 0.859 e. The molecule has 1 unspecified atom stereocenters. The number of benzene rings is 1. The van der Waals surface area contributed by atoms with E-state index >= 15 is 0 Å². The third-order valence-electron chi connectivity index (χ3n) is 4.49. The molecule has 10 heteroatoms. The first-order valence-corrected chi connectivity index (χ1v) is 8.77. The number of carbonyl (C=O) groups excluding carboxylic acids is 1. The summed E-state index contributed by atoms with van der Waals surface area (Å²) in [6.45, 7) is 5.32. The van der Waals surface area contributed by atoms with Gasteiger partial charge in [0.25, 0.3) is 0 Å². The Bertz CT molecular complexity index is 867. The fourth-order valence-electron chi connectivity index (χ4n) is 3.01. The molecule has 1 saturated heterocycles. The highest BCUT2D eigenvalue weighted by atomic mass is 16.6. The molecule has 1 aromatic carbocycles. The summed E-state index contributed by atoms with van der Waals surface area (Å²) >= 11 is 0. The third kappa shape index (κ3) is 3.70. The van der Waals surface area contributed by atoms with Crippen molar-refractivity contribution in [1.29, 1.82) is 0 Å². The van der Waals surface area contributed by atoms with E-state index in [0.29, 0.717) is 32.0 Å². The summed E-state index contributed by atoms with van der Waals surface area (Å²) in [5, 5.41) is 23.4. The molecule has 4 rings (SSSR count). The number of hydrogen-bond donors (Lipinski definition) is 1. The predicted molar refractivity (Wildman–Crippen MR) is 101 cm³/mol. The average molecular weight is 383 g/mol. The lowest BCUT2D eigenvalue weighted by molar-refractivity contribution is -0.332. The second kappa shape index (κ2) is 7.51. The van der Waals surface area contributed by atoms with Gasteiger partial charge in [0.05, 0.1) is 19.6 Å². The maximum absolute atomic E-state index is 12.2. The number of amides is 1. The number of aromatic nitrogens is 1. The highest BCUT2D eigenvalue weighted by molar-refractivity contribution is 5.90. The molecule has 3 heterocycles. The quantitative estimate of drug-likeness (QED) is 0.736. The molecule has 2 aliphatic heterocycles. The smallest absolute Gasteiger partial charge is 0.414 e. The molecule has 10 nitrogen and oxygen atoms in total. The van der Waals surface area contributed by atoms with Crippen LogP contribution in [-0.2, 0) is 4.74 Å². The number of ether oxygens (including phenoxy) is 1. The molecule has 0 bridgehead atoms. The van der Waals surface area contributed by atoms with E-state index in [1.54, 1.807) is 17.3 Å². The fourth-order valence-corrected chi connectivity index (χ4v) is 3.01. The number of carbonyl (C=O) groups is 1. The summed E-state index contributed by atoms with van der Waals surface area (Å²) in [4.78, 5) is 15.7. The summed E-state index contributed by atoms with van der Waals surface area (Å²) in [7, 11) is 0. The molecule has 1 fully saturated rings. The Kier molecular flexibility index (Phi) is 4.75. The van der Waals surface area contributed by atoms with Crippen molar-refractivity contribution in [2.75, 3.05) is 41.3 Å². The standard InChI is InChI=1S/C18H20N6O4/c1-13(25)24-8-7-22(12-20-24)14-2-4-15(5-3-14)23-11-16(28-18(23)26)10-19-17-6-9-27-21-17/h2-6,9,12,16,25H,1,7-8,10-11H2,(H,19,21)/p-1. The summed E-state index contributed by atoms with van der Waals surface area (Å²) in [5.41, 5.74) is 1.67. The van der Waals surface area contributed by atoms with Crippen molar-refractivity contribution in [3.8, 4) is 0 Å². The molecule has 28 heavy (non-hydrogen) atoms. The van der Waals surface area contributed by atoms with Gasteiger partial charge in [0.15, 0.2) is 5.82 Å². The van der Waals surface area contributed by atoms with Crippen molar-refractivity contribution >= 4 is 29.6 Å². The number of nitrogens with zero attached hydrogens (tertiary/aromatic N) is 5. The molecular formula is C18H19N6O4-. The van der Waals surface area contributed by atoms with Crippen molar-refractivity contribution < 1.29 is 19.2 Å². The minimum absolute atomic E-state index is 0.288. The third-order valence-corrected chi connectivity index (χ3v) is 4.49. The molecule has 1 N–H and O–H groups in total. The van der Waals surface area contributed by atoms with Gasteiger partial charge >= 0.3 is 6.09 Å². The zero-order valence-electron chi connectivity index (χ0n) is 15.0. The van der Waals surface area contributed by atoms with Crippen LogP contribution in [-0.4, -0.2) is 54.9 Å². The molecule has 0 radical (unpaired) electrons. The van der Waals surface area contributed by atoms with Gasteiger partial charge in [-0.3, -0.25) is 9.91 Å². The molecule has 0 saturated carbocycles. The molecule has 2 aliphatic rings. The van der Waals surface area contributed by atoms with Crippen LogP contribution in [0.15, 0.2) is 58.7 Å². The normalized spacial score (nSPS) is 19.1. The number of hydrogen-bond acceptors (Lipinski definition) is 9. The van der Waals surface area contributed by atoms with Crippen LogP contribution in [0.3, 0.4) is 0 Å². The summed E-state index contributed by atoms with van der Waals surface area (Å²) in [6, 6.07) is 9.21. The molecule has 1 atom stereocenters. The first-order valence-electron chi connectivity index (χ1n) is 8.77. The van der Waals surface area contributed by atoms with Gasteiger partial charge in [0, 0.05) is 24.0 Å². The summed E-state index contributed by atoms with van der Waals surface area (Å²) in [6.07, 6.45) is 2.39. The summed E-state index contributed by atoms with van der Waals surface area (Å²) < 4.78 is 10.2. The minimum atomic E-state index is -0.385. The van der Waals surface area contributed by atoms with E-state index in [-0.39, 0.29) is 18.1 Å². The van der Waals surface area contributed by atoms with E-state index in [1.807, 2.05) is 29.2 Å². The maximum atomic E-state index is 12.2. The fraction of sp³-hybridized carbons (Fsp3) is 0.278. The van der Waals surface area contributed by atoms with Crippen LogP contribution in [0, 0.1) is 0 Å². The number of nitrogens with one attached hydrogen (secondary N) is 1. The lowest BCUT2D eigenvalue weighted by Gasteiger charge is -2.33. The topological polar surface area (TPSA) is 110 Å². The van der Waals surface area contributed by atoms with Crippen molar-refractivity contribution in [1.82, 2.24) is 10.2 Å². The lowest BCUT2D eigenvalue weighted by Crippen LogP contribution is -2.39. The first-order chi connectivity index (χ1) is 13.6. The van der Waals surface area contributed by atoms with Crippen LogP contribution in [0.5, 0.6) is 0 Å². The Morgan fingerprint density at radius 3 is 2.68 bits per heavy atom. The predicted octanol–water partition coefficient (Wildman–Crippen LogP) is 1.01. The Labute approximate surface area is 161 Å². The molecule has 146 valence electrons. The molecule has 0 spiro atoms. The van der Waals surface area contributed by atoms with Gasteiger partial charge < -0.3 is 24.6 Å². The van der Waals surface area contributed by atoms with Crippen LogP contribution in [0.4, 0.5) is 22.0 Å². The van der Waals surface area contributed by atoms with Gasteiger partial charge in [-0.1, -0.05) is 11.7 Å². The van der Waals surface area contributed by atoms with Crippen molar-refractivity contribution in [3.05, 3.63) is 49.1 Å². The zero-order valence-corrected chi connectivity index (χ0v) is 15.0. The van der Waals surface area contributed by atoms with E-state index in [0.717, 1.165) is 11.4 Å². The van der Waals surface area contributed by atoms with E-state index in [4.69, 9.17) is 9.26 Å². The van der Waals surface area contributed by atoms with Crippen LogP contribution in [0.1, 0.15) is 0 Å². The Morgan fingerprint density at radius 1 is 1.25 bits per heavy atom. The van der Waals surface area contributed by atoms with E-state index in [1.165, 1.54) is 11.3 Å². The Morgan fingerprint density at radius 2 is 2.04 bits per heavy atom. The van der Waals surface area contributed by atoms with E-state index in [9.17, 15) is 9.90 Å². The lowest BCUT2D eigenvalue weighted by atomic mass is 10.2. The monoisotopic (exact) mass is 383 g/mol. The van der Waals surface area contributed by atoms with Crippen LogP contribution in [0.2, 0.25) is 0 Å². The Hall–Kier alpha value is -3.69. The second-order valence-electron chi connectivity index (χ2n) is 6.34. The zero-order chi connectivity index (χ0) is 19.5. The number of hydrazone groups is 1. The van der Waals surface area contributed by atoms with Crippen LogP contribution >= 0.6 is 0 Å². The van der Waals surface area contributed by atoms with E-state index < -0.39 is 0 Å². The highest BCUT2D eigenvalue weighted by Crippen LogP contribution is 2.25. The molecule has 0 aliphatic carbocycles. The highest BCUT2D eigenvalue weighted by Gasteiger charge is 2.32. The van der Waals surface area contributed by atoms with Gasteiger partial charge in [-0.15, -0.1) is 0 Å². The van der Waals surface area contributed by atoms with Crippen LogP contribution in [0.25, 0.3) is 0 Å². The minimum Gasteiger partial charge on any atom is -0.859 e. The van der Waals surface area contributed by atoms with Gasteiger partial charge in [-0.2, -0.15) is 5.10 Å². The molecule has 2 aromatic rings. The van der Waals surface area contributed by atoms with Gasteiger partial charge in [0.2, 0.25) is 0 Å². The average Bonchev–Trinajstić information content (AvgIpc) is 3.36. The number of cyclic esters (lactones) is 1. The van der Waals surface area contributed by atoms with E-state index in [2.05, 4.69) is 22.2 Å². The van der Waals surface area contributed by atoms with Crippen LogP contribution < -0.4 is 20.2 Å². The van der Waals surface area contributed by atoms with Crippen molar-refractivity contribution in [3.63, 3.8) is 0 Å². The summed E-state index contributed by atoms with van der Waals surface area (Å²) in [5.74, 6) is 0.271.